The van der Waals surface area contributed by atoms with Crippen LogP contribution in [0.2, 0.25) is 0 Å². The maximum atomic E-state index is 12.2. The molecule has 0 saturated carbocycles. The van der Waals surface area contributed by atoms with E-state index < -0.39 is 5.60 Å². The number of amides is 1. The lowest BCUT2D eigenvalue weighted by Crippen LogP contribution is -2.50. The van der Waals surface area contributed by atoms with Crippen molar-refractivity contribution in [2.75, 3.05) is 13.1 Å². The first-order chi connectivity index (χ1) is 9.04. The van der Waals surface area contributed by atoms with Gasteiger partial charge in [-0.05, 0) is 26.2 Å². The molecule has 1 aliphatic rings. The van der Waals surface area contributed by atoms with E-state index in [4.69, 9.17) is 0 Å². The summed E-state index contributed by atoms with van der Waals surface area (Å²) in [6.45, 7) is 4.92. The fraction of sp³-hybridized carbons (Fsp3) is 0.769. The van der Waals surface area contributed by atoms with E-state index in [-0.39, 0.29) is 5.91 Å². The van der Waals surface area contributed by atoms with Gasteiger partial charge < -0.3 is 10.0 Å². The molecule has 106 valence electrons. The summed E-state index contributed by atoms with van der Waals surface area (Å²) in [5.74, 6) is -0.147. The van der Waals surface area contributed by atoms with Crippen molar-refractivity contribution in [3.63, 3.8) is 0 Å². The van der Waals surface area contributed by atoms with Crippen molar-refractivity contribution in [2.24, 2.45) is 0 Å². The Hall–Kier alpha value is -1.43. The van der Waals surface area contributed by atoms with Crippen molar-refractivity contribution in [3.05, 3.63) is 12.7 Å². The summed E-state index contributed by atoms with van der Waals surface area (Å²) in [5.41, 5.74) is -1.23. The average Bonchev–Trinajstić information content (AvgIpc) is 2.92. The van der Waals surface area contributed by atoms with Gasteiger partial charge in [0.05, 0.1) is 6.04 Å². The fourth-order valence-electron chi connectivity index (χ4n) is 2.67. The van der Waals surface area contributed by atoms with Crippen LogP contribution in [0.25, 0.3) is 0 Å². The summed E-state index contributed by atoms with van der Waals surface area (Å²) in [5, 5.41) is 14.3. The monoisotopic (exact) mass is 266 g/mol. The maximum absolute atomic E-state index is 12.2. The Morgan fingerprint density at radius 2 is 2.16 bits per heavy atom. The van der Waals surface area contributed by atoms with E-state index in [2.05, 4.69) is 10.1 Å². The van der Waals surface area contributed by atoms with Gasteiger partial charge in [0.25, 0.3) is 5.91 Å². The van der Waals surface area contributed by atoms with Crippen molar-refractivity contribution in [1.82, 2.24) is 19.7 Å². The number of piperidine rings is 1. The third-order valence-corrected chi connectivity index (χ3v) is 3.76. The highest BCUT2D eigenvalue weighted by Gasteiger charge is 2.35. The minimum Gasteiger partial charge on any atom is -0.380 e. The molecule has 1 aromatic rings. The Morgan fingerprint density at radius 1 is 1.47 bits per heavy atom. The van der Waals surface area contributed by atoms with Gasteiger partial charge in [-0.25, -0.2) is 9.67 Å². The first-order valence-corrected chi connectivity index (χ1v) is 6.90. The van der Waals surface area contributed by atoms with Crippen molar-refractivity contribution in [3.8, 4) is 0 Å². The van der Waals surface area contributed by atoms with Crippen LogP contribution >= 0.6 is 0 Å². The molecule has 1 N–H and O–H groups in total. The van der Waals surface area contributed by atoms with E-state index in [1.54, 1.807) is 18.2 Å². The standard InChI is InChI=1S/C13H22N4O2/c1-3-6-13(2,19)12(18)16-7-4-11(5-8-16)17-10-14-9-15-17/h9-11,19H,3-8H2,1-2H3. The van der Waals surface area contributed by atoms with Crippen molar-refractivity contribution in [1.29, 1.82) is 0 Å². The molecule has 1 fully saturated rings. The molecule has 1 unspecified atom stereocenters. The molecule has 1 saturated heterocycles. The van der Waals surface area contributed by atoms with Gasteiger partial charge >= 0.3 is 0 Å². The molecule has 2 heterocycles. The molecule has 0 spiro atoms. The van der Waals surface area contributed by atoms with Gasteiger partial charge in [-0.15, -0.1) is 0 Å². The summed E-state index contributed by atoms with van der Waals surface area (Å²) in [4.78, 5) is 18.0. The molecule has 0 aromatic carbocycles. The zero-order valence-corrected chi connectivity index (χ0v) is 11.6. The van der Waals surface area contributed by atoms with Crippen LogP contribution in [0.3, 0.4) is 0 Å². The second-order valence-electron chi connectivity index (χ2n) is 5.42. The highest BCUT2D eigenvalue weighted by molar-refractivity contribution is 5.84. The van der Waals surface area contributed by atoms with E-state index in [0.717, 1.165) is 19.3 Å². The predicted octanol–water partition coefficient (Wildman–Crippen LogP) is 0.993. The van der Waals surface area contributed by atoms with Crippen LogP contribution < -0.4 is 0 Å². The summed E-state index contributed by atoms with van der Waals surface area (Å²) >= 11 is 0. The number of hydrogen-bond donors (Lipinski definition) is 1. The number of hydrogen-bond acceptors (Lipinski definition) is 4. The topological polar surface area (TPSA) is 71.2 Å². The molecule has 6 nitrogen and oxygen atoms in total. The van der Waals surface area contributed by atoms with Crippen molar-refractivity contribution < 1.29 is 9.90 Å². The Balaban J connectivity index is 1.91. The smallest absolute Gasteiger partial charge is 0.254 e. The molecule has 1 aliphatic heterocycles. The van der Waals surface area contributed by atoms with Gasteiger partial charge in [-0.1, -0.05) is 13.3 Å². The van der Waals surface area contributed by atoms with E-state index in [0.29, 0.717) is 25.6 Å². The summed E-state index contributed by atoms with van der Waals surface area (Å²) in [7, 11) is 0. The minimum absolute atomic E-state index is 0.147. The third kappa shape index (κ3) is 3.12. The molecular formula is C13H22N4O2. The van der Waals surface area contributed by atoms with E-state index in [1.165, 1.54) is 6.33 Å². The molecular weight excluding hydrogens is 244 g/mol. The first-order valence-electron chi connectivity index (χ1n) is 6.90. The number of rotatable bonds is 4. The van der Waals surface area contributed by atoms with Crippen LogP contribution in [0.15, 0.2) is 12.7 Å². The predicted molar refractivity (Wildman–Crippen MR) is 70.4 cm³/mol. The normalized spacial score (nSPS) is 20.3. The third-order valence-electron chi connectivity index (χ3n) is 3.76. The summed E-state index contributed by atoms with van der Waals surface area (Å²) in [6, 6.07) is 0.308. The Labute approximate surface area is 113 Å². The number of carbonyl (C=O) groups is 1. The van der Waals surface area contributed by atoms with E-state index in [9.17, 15) is 9.90 Å². The number of aliphatic hydroxyl groups is 1. The van der Waals surface area contributed by atoms with Gasteiger partial charge in [0.15, 0.2) is 0 Å². The lowest BCUT2D eigenvalue weighted by Gasteiger charge is -2.36. The quantitative estimate of drug-likeness (QED) is 0.882. The molecule has 0 bridgehead atoms. The Kier molecular flexibility index (Phi) is 4.19. The number of carbonyl (C=O) groups excluding carboxylic acids is 1. The lowest BCUT2D eigenvalue weighted by atomic mass is 9.96. The Morgan fingerprint density at radius 3 is 2.68 bits per heavy atom. The van der Waals surface area contributed by atoms with E-state index in [1.807, 2.05) is 11.6 Å². The molecule has 1 amide bonds. The minimum atomic E-state index is -1.23. The molecule has 2 rings (SSSR count). The number of nitrogens with zero attached hydrogens (tertiary/aromatic N) is 4. The van der Waals surface area contributed by atoms with Crippen LogP contribution in [0.1, 0.15) is 45.6 Å². The first kappa shape index (κ1) is 14.0. The number of likely N-dealkylation sites (tertiary alicyclic amines) is 1. The lowest BCUT2D eigenvalue weighted by molar-refractivity contribution is -0.151. The van der Waals surface area contributed by atoms with Crippen LogP contribution in [0.4, 0.5) is 0 Å². The molecule has 0 aliphatic carbocycles. The molecule has 19 heavy (non-hydrogen) atoms. The van der Waals surface area contributed by atoms with Crippen LogP contribution in [0.5, 0.6) is 0 Å². The maximum Gasteiger partial charge on any atom is 0.254 e. The van der Waals surface area contributed by atoms with Gasteiger partial charge in [0, 0.05) is 13.1 Å². The highest BCUT2D eigenvalue weighted by atomic mass is 16.3. The summed E-state index contributed by atoms with van der Waals surface area (Å²) in [6.07, 6.45) is 6.27. The van der Waals surface area contributed by atoms with Gasteiger partial charge in [-0.2, -0.15) is 5.10 Å². The highest BCUT2D eigenvalue weighted by Crippen LogP contribution is 2.24. The van der Waals surface area contributed by atoms with Gasteiger partial charge in [0.2, 0.25) is 0 Å². The number of aromatic nitrogens is 3. The molecule has 0 radical (unpaired) electrons. The average molecular weight is 266 g/mol. The zero-order valence-electron chi connectivity index (χ0n) is 11.6. The Bertz CT molecular complexity index is 408. The van der Waals surface area contributed by atoms with Crippen LogP contribution in [0, 0.1) is 0 Å². The largest absolute Gasteiger partial charge is 0.380 e. The van der Waals surface area contributed by atoms with Crippen LogP contribution in [-0.2, 0) is 4.79 Å². The molecule has 1 atom stereocenters. The summed E-state index contributed by atoms with van der Waals surface area (Å²) < 4.78 is 1.85. The van der Waals surface area contributed by atoms with Crippen molar-refractivity contribution in [2.45, 2.75) is 51.2 Å². The molecule has 6 heteroatoms. The second-order valence-corrected chi connectivity index (χ2v) is 5.42. The van der Waals surface area contributed by atoms with Crippen LogP contribution in [-0.4, -0.2) is 49.4 Å². The van der Waals surface area contributed by atoms with Crippen molar-refractivity contribution >= 4 is 5.91 Å². The van der Waals surface area contributed by atoms with Gasteiger partial charge in [-0.3, -0.25) is 4.79 Å². The fourth-order valence-corrected chi connectivity index (χ4v) is 2.67. The van der Waals surface area contributed by atoms with E-state index >= 15 is 0 Å². The SMILES string of the molecule is CCCC(C)(O)C(=O)N1CCC(n2cncn2)CC1. The zero-order chi connectivity index (χ0) is 13.9. The second kappa shape index (κ2) is 5.69. The van der Waals surface area contributed by atoms with Gasteiger partial charge in [0.1, 0.15) is 18.3 Å². The molecule has 1 aromatic heterocycles.